The summed E-state index contributed by atoms with van der Waals surface area (Å²) >= 11 is 0. The lowest BCUT2D eigenvalue weighted by molar-refractivity contribution is -0.139. The van der Waals surface area contributed by atoms with Crippen molar-refractivity contribution >= 4 is 0 Å². The third kappa shape index (κ3) is 3.93. The minimum Gasteiger partial charge on any atom is -0.493 e. The normalized spacial score (nSPS) is 11.9. The summed E-state index contributed by atoms with van der Waals surface area (Å²) in [4.78, 5) is 0. The van der Waals surface area contributed by atoms with Gasteiger partial charge < -0.3 is 9.84 Å². The molecule has 0 aliphatic heterocycles. The van der Waals surface area contributed by atoms with Crippen LogP contribution in [-0.4, -0.2) is 11.7 Å². The standard InChI is InChI=1S/C12H15F3O2/c1-8(2)7-17-11-4-3-9(6-16)5-10(11)12(13,14)15/h3-5,8,16H,6-7H2,1-2H3. The van der Waals surface area contributed by atoms with Gasteiger partial charge in [-0.15, -0.1) is 0 Å². The minimum atomic E-state index is -4.47. The van der Waals surface area contributed by atoms with Crippen LogP contribution in [0.4, 0.5) is 13.2 Å². The Balaban J connectivity index is 3.03. The van der Waals surface area contributed by atoms with E-state index >= 15 is 0 Å². The van der Waals surface area contributed by atoms with E-state index in [1.165, 1.54) is 12.1 Å². The molecule has 0 aliphatic rings. The first kappa shape index (κ1) is 13.8. The number of halogens is 3. The fraction of sp³-hybridized carbons (Fsp3) is 0.500. The van der Waals surface area contributed by atoms with E-state index in [9.17, 15) is 13.2 Å². The molecule has 0 unspecified atom stereocenters. The van der Waals surface area contributed by atoms with Crippen LogP contribution in [0.1, 0.15) is 25.0 Å². The first-order valence-corrected chi connectivity index (χ1v) is 5.28. The molecule has 0 bridgehead atoms. The van der Waals surface area contributed by atoms with Gasteiger partial charge in [-0.25, -0.2) is 0 Å². The van der Waals surface area contributed by atoms with Gasteiger partial charge in [0, 0.05) is 0 Å². The van der Waals surface area contributed by atoms with Crippen molar-refractivity contribution in [3.63, 3.8) is 0 Å². The maximum absolute atomic E-state index is 12.7. The number of alkyl halides is 3. The van der Waals surface area contributed by atoms with Gasteiger partial charge in [0.25, 0.3) is 0 Å². The van der Waals surface area contributed by atoms with Crippen LogP contribution >= 0.6 is 0 Å². The molecule has 0 heterocycles. The van der Waals surface area contributed by atoms with Gasteiger partial charge in [0.1, 0.15) is 5.75 Å². The Hall–Kier alpha value is -1.23. The van der Waals surface area contributed by atoms with Gasteiger partial charge in [-0.05, 0) is 23.6 Å². The first-order chi connectivity index (χ1) is 7.84. The highest BCUT2D eigenvalue weighted by Crippen LogP contribution is 2.37. The highest BCUT2D eigenvalue weighted by atomic mass is 19.4. The molecule has 0 saturated carbocycles. The maximum atomic E-state index is 12.7. The molecule has 1 rings (SSSR count). The lowest BCUT2D eigenvalue weighted by Gasteiger charge is -2.16. The molecule has 0 saturated heterocycles. The number of hydrogen-bond acceptors (Lipinski definition) is 2. The van der Waals surface area contributed by atoms with Crippen molar-refractivity contribution in [1.29, 1.82) is 0 Å². The van der Waals surface area contributed by atoms with Crippen LogP contribution in [0.2, 0.25) is 0 Å². The van der Waals surface area contributed by atoms with Crippen LogP contribution in [0, 0.1) is 5.92 Å². The number of rotatable bonds is 4. The van der Waals surface area contributed by atoms with E-state index in [1.807, 2.05) is 13.8 Å². The van der Waals surface area contributed by atoms with Crippen LogP contribution in [0.25, 0.3) is 0 Å². The average molecular weight is 248 g/mol. The lowest BCUT2D eigenvalue weighted by atomic mass is 10.1. The fourth-order valence-corrected chi connectivity index (χ4v) is 1.28. The molecule has 0 amide bonds. The van der Waals surface area contributed by atoms with E-state index in [-0.39, 0.29) is 23.8 Å². The Morgan fingerprint density at radius 3 is 2.41 bits per heavy atom. The van der Waals surface area contributed by atoms with Crippen molar-refractivity contribution in [3.05, 3.63) is 29.3 Å². The maximum Gasteiger partial charge on any atom is 0.419 e. The van der Waals surface area contributed by atoms with Crippen molar-refractivity contribution in [2.75, 3.05) is 6.61 Å². The molecule has 1 N–H and O–H groups in total. The Morgan fingerprint density at radius 1 is 1.29 bits per heavy atom. The summed E-state index contributed by atoms with van der Waals surface area (Å²) in [5.41, 5.74) is -0.626. The van der Waals surface area contributed by atoms with Gasteiger partial charge in [-0.1, -0.05) is 19.9 Å². The Labute approximate surface area is 98.0 Å². The summed E-state index contributed by atoms with van der Waals surface area (Å²) in [7, 11) is 0. The number of hydrogen-bond donors (Lipinski definition) is 1. The first-order valence-electron chi connectivity index (χ1n) is 5.28. The zero-order valence-electron chi connectivity index (χ0n) is 9.71. The summed E-state index contributed by atoms with van der Waals surface area (Å²) in [6, 6.07) is 3.58. The number of aliphatic hydroxyl groups excluding tert-OH is 1. The predicted octanol–water partition coefficient (Wildman–Crippen LogP) is 3.23. The van der Waals surface area contributed by atoms with Crippen molar-refractivity contribution in [3.8, 4) is 5.75 Å². The second kappa shape index (κ2) is 5.40. The number of benzene rings is 1. The van der Waals surface area contributed by atoms with Crippen molar-refractivity contribution in [1.82, 2.24) is 0 Å². The molecule has 2 nitrogen and oxygen atoms in total. The van der Waals surface area contributed by atoms with Gasteiger partial charge in [-0.3, -0.25) is 0 Å². The van der Waals surface area contributed by atoms with Gasteiger partial charge >= 0.3 is 6.18 Å². The molecule has 0 fully saturated rings. The summed E-state index contributed by atoms with van der Waals surface area (Å²) in [6.45, 7) is 3.51. The quantitative estimate of drug-likeness (QED) is 0.886. The Bertz CT molecular complexity index is 373. The van der Waals surface area contributed by atoms with E-state index in [2.05, 4.69) is 0 Å². The summed E-state index contributed by atoms with van der Waals surface area (Å²) in [5.74, 6) is -0.0444. The zero-order valence-corrected chi connectivity index (χ0v) is 9.71. The second-order valence-corrected chi connectivity index (χ2v) is 4.19. The van der Waals surface area contributed by atoms with Crippen molar-refractivity contribution in [2.45, 2.75) is 26.6 Å². The molecule has 1 aromatic rings. The molecule has 0 spiro atoms. The molecule has 0 atom stereocenters. The lowest BCUT2D eigenvalue weighted by Crippen LogP contribution is -2.12. The van der Waals surface area contributed by atoms with E-state index in [0.717, 1.165) is 6.07 Å². The highest BCUT2D eigenvalue weighted by Gasteiger charge is 2.34. The zero-order chi connectivity index (χ0) is 13.1. The van der Waals surface area contributed by atoms with E-state index in [4.69, 9.17) is 9.84 Å². The number of ether oxygens (including phenoxy) is 1. The number of aliphatic hydroxyl groups is 1. The van der Waals surface area contributed by atoms with E-state index < -0.39 is 18.3 Å². The van der Waals surface area contributed by atoms with Crippen LogP contribution in [0.5, 0.6) is 5.75 Å². The van der Waals surface area contributed by atoms with Crippen LogP contribution < -0.4 is 4.74 Å². The van der Waals surface area contributed by atoms with E-state index in [0.29, 0.717) is 0 Å². The molecular formula is C12H15F3O2. The fourth-order valence-electron chi connectivity index (χ4n) is 1.28. The predicted molar refractivity (Wildman–Crippen MR) is 57.7 cm³/mol. The summed E-state index contributed by atoms with van der Waals surface area (Å²) in [6.07, 6.45) is -4.47. The monoisotopic (exact) mass is 248 g/mol. The van der Waals surface area contributed by atoms with Crippen molar-refractivity contribution in [2.24, 2.45) is 5.92 Å². The Morgan fingerprint density at radius 2 is 1.94 bits per heavy atom. The summed E-state index contributed by atoms with van der Waals surface area (Å²) in [5, 5.41) is 8.83. The van der Waals surface area contributed by atoms with Gasteiger partial charge in [-0.2, -0.15) is 13.2 Å². The van der Waals surface area contributed by atoms with E-state index in [1.54, 1.807) is 0 Å². The third-order valence-electron chi connectivity index (χ3n) is 2.10. The molecule has 1 aromatic carbocycles. The topological polar surface area (TPSA) is 29.5 Å². The molecule has 0 aromatic heterocycles. The SMILES string of the molecule is CC(C)COc1ccc(CO)cc1C(F)(F)F. The Kier molecular flexibility index (Phi) is 4.40. The molecule has 0 radical (unpaired) electrons. The van der Waals surface area contributed by atoms with Gasteiger partial charge in [0.05, 0.1) is 18.8 Å². The summed E-state index contributed by atoms with van der Waals surface area (Å²) < 4.78 is 43.3. The molecule has 0 aliphatic carbocycles. The smallest absolute Gasteiger partial charge is 0.419 e. The average Bonchev–Trinajstić information content (AvgIpc) is 2.24. The largest absolute Gasteiger partial charge is 0.493 e. The molecule has 5 heteroatoms. The highest BCUT2D eigenvalue weighted by molar-refractivity contribution is 5.39. The van der Waals surface area contributed by atoms with Crippen LogP contribution in [0.3, 0.4) is 0 Å². The van der Waals surface area contributed by atoms with Crippen molar-refractivity contribution < 1.29 is 23.0 Å². The van der Waals surface area contributed by atoms with Crippen LogP contribution in [-0.2, 0) is 12.8 Å². The molecule has 96 valence electrons. The van der Waals surface area contributed by atoms with Crippen LogP contribution in [0.15, 0.2) is 18.2 Å². The van der Waals surface area contributed by atoms with Gasteiger partial charge in [0.15, 0.2) is 0 Å². The molecule has 17 heavy (non-hydrogen) atoms. The second-order valence-electron chi connectivity index (χ2n) is 4.19. The minimum absolute atomic E-state index is 0.147. The molecular weight excluding hydrogens is 233 g/mol. The third-order valence-corrected chi connectivity index (χ3v) is 2.10. The van der Waals surface area contributed by atoms with Gasteiger partial charge in [0.2, 0.25) is 0 Å².